The fourth-order valence-electron chi connectivity index (χ4n) is 3.93. The molecule has 2 aliphatic heterocycles. The van der Waals surface area contributed by atoms with Crippen LogP contribution >= 0.6 is 11.8 Å². The first kappa shape index (κ1) is 20.5. The van der Waals surface area contributed by atoms with Crippen LogP contribution in [0.15, 0.2) is 47.4 Å². The summed E-state index contributed by atoms with van der Waals surface area (Å²) in [6.45, 7) is 5.19. The first-order valence-electron chi connectivity index (χ1n) is 10.2. The minimum Gasteiger partial charge on any atom is -0.341 e. The number of carbonyl (C=O) groups excluding carboxylic acids is 3. The van der Waals surface area contributed by atoms with Crippen LogP contribution in [0.1, 0.15) is 24.0 Å². The summed E-state index contributed by atoms with van der Waals surface area (Å²) in [6, 6.07) is 13.2. The number of rotatable bonds is 4. The standard InChI is InChI=1S/C23H25N3O3S/c1-15-9-10-17(16(2)13-15)24-20(27)14-26-18-7-3-4-8-19(18)30-21(23(26)29)22(28)25-11-5-6-12-25/h3-4,7-10,13,21H,5-6,11-12,14H2,1-2H3,(H,24,27). The highest BCUT2D eigenvalue weighted by Crippen LogP contribution is 2.40. The molecule has 1 saturated heterocycles. The molecule has 2 aromatic carbocycles. The Kier molecular flexibility index (Phi) is 5.81. The number of carbonyl (C=O) groups is 3. The molecule has 2 aliphatic rings. The number of benzene rings is 2. The molecule has 156 valence electrons. The Balaban J connectivity index is 1.56. The van der Waals surface area contributed by atoms with Crippen LogP contribution in [0, 0.1) is 13.8 Å². The minimum atomic E-state index is -0.841. The highest BCUT2D eigenvalue weighted by atomic mass is 32.2. The third kappa shape index (κ3) is 4.07. The van der Waals surface area contributed by atoms with Crippen molar-refractivity contribution in [1.82, 2.24) is 4.90 Å². The Labute approximate surface area is 180 Å². The van der Waals surface area contributed by atoms with Gasteiger partial charge in [0.15, 0.2) is 5.25 Å². The second kappa shape index (κ2) is 8.52. The molecule has 0 saturated carbocycles. The number of fused-ring (bicyclic) bond motifs is 1. The molecule has 2 heterocycles. The Bertz CT molecular complexity index is 1000. The molecule has 0 spiro atoms. The van der Waals surface area contributed by atoms with Gasteiger partial charge in [0.2, 0.25) is 11.8 Å². The van der Waals surface area contributed by atoms with Gasteiger partial charge in [-0.25, -0.2) is 0 Å². The summed E-state index contributed by atoms with van der Waals surface area (Å²) in [4.78, 5) is 43.1. The second-order valence-electron chi connectivity index (χ2n) is 7.79. The van der Waals surface area contributed by atoms with Gasteiger partial charge in [-0.15, -0.1) is 11.8 Å². The van der Waals surface area contributed by atoms with Gasteiger partial charge in [-0.2, -0.15) is 0 Å². The van der Waals surface area contributed by atoms with Crippen molar-refractivity contribution < 1.29 is 14.4 Å². The molecule has 4 rings (SSSR count). The number of anilines is 2. The van der Waals surface area contributed by atoms with Crippen LogP contribution in [0.25, 0.3) is 0 Å². The van der Waals surface area contributed by atoms with E-state index in [0.717, 1.165) is 34.6 Å². The van der Waals surface area contributed by atoms with Gasteiger partial charge in [0, 0.05) is 23.7 Å². The summed E-state index contributed by atoms with van der Waals surface area (Å²) in [5.41, 5.74) is 3.48. The number of amides is 3. The maximum Gasteiger partial charge on any atom is 0.250 e. The lowest BCUT2D eigenvalue weighted by Gasteiger charge is -2.34. The van der Waals surface area contributed by atoms with Gasteiger partial charge in [-0.1, -0.05) is 29.8 Å². The smallest absolute Gasteiger partial charge is 0.250 e. The van der Waals surface area contributed by atoms with Gasteiger partial charge in [0.05, 0.1) is 5.69 Å². The van der Waals surface area contributed by atoms with Crippen LogP contribution < -0.4 is 10.2 Å². The van der Waals surface area contributed by atoms with E-state index in [1.165, 1.54) is 16.7 Å². The molecule has 7 heteroatoms. The summed E-state index contributed by atoms with van der Waals surface area (Å²) in [7, 11) is 0. The van der Waals surface area contributed by atoms with Crippen molar-refractivity contribution in [3.63, 3.8) is 0 Å². The molecule has 1 unspecified atom stereocenters. The number of thioether (sulfide) groups is 1. The molecule has 30 heavy (non-hydrogen) atoms. The first-order chi connectivity index (χ1) is 14.4. The van der Waals surface area contributed by atoms with Crippen molar-refractivity contribution in [3.8, 4) is 0 Å². The Morgan fingerprint density at radius 1 is 1.10 bits per heavy atom. The lowest BCUT2D eigenvalue weighted by atomic mass is 10.1. The van der Waals surface area contributed by atoms with Crippen LogP contribution in [0.2, 0.25) is 0 Å². The van der Waals surface area contributed by atoms with Crippen molar-refractivity contribution >= 4 is 40.9 Å². The van der Waals surface area contributed by atoms with Gasteiger partial charge in [-0.3, -0.25) is 14.4 Å². The van der Waals surface area contributed by atoms with E-state index in [2.05, 4.69) is 5.32 Å². The summed E-state index contributed by atoms with van der Waals surface area (Å²) < 4.78 is 0. The fraction of sp³-hybridized carbons (Fsp3) is 0.348. The highest BCUT2D eigenvalue weighted by Gasteiger charge is 2.41. The Morgan fingerprint density at radius 2 is 1.83 bits per heavy atom. The third-order valence-corrected chi connectivity index (χ3v) is 6.73. The lowest BCUT2D eigenvalue weighted by molar-refractivity contribution is -0.134. The molecule has 2 aromatic rings. The Hall–Kier alpha value is -2.80. The number of likely N-dealkylation sites (tertiary alicyclic amines) is 1. The number of nitrogens with one attached hydrogen (secondary N) is 1. The van der Waals surface area contributed by atoms with E-state index in [0.29, 0.717) is 18.8 Å². The van der Waals surface area contributed by atoms with Crippen molar-refractivity contribution in [1.29, 1.82) is 0 Å². The van der Waals surface area contributed by atoms with Crippen molar-refractivity contribution in [2.24, 2.45) is 0 Å². The third-order valence-electron chi connectivity index (χ3n) is 5.49. The molecule has 1 atom stereocenters. The highest BCUT2D eigenvalue weighted by molar-refractivity contribution is 8.01. The maximum absolute atomic E-state index is 13.3. The molecular formula is C23H25N3O3S. The van der Waals surface area contributed by atoms with Crippen molar-refractivity contribution in [2.45, 2.75) is 36.8 Å². The van der Waals surface area contributed by atoms with Crippen molar-refractivity contribution in [2.75, 3.05) is 29.9 Å². The molecule has 6 nitrogen and oxygen atoms in total. The summed E-state index contributed by atoms with van der Waals surface area (Å²) in [6.07, 6.45) is 1.94. The number of nitrogens with zero attached hydrogens (tertiary/aromatic N) is 2. The Morgan fingerprint density at radius 3 is 2.57 bits per heavy atom. The number of aryl methyl sites for hydroxylation is 2. The van der Waals surface area contributed by atoms with E-state index in [1.54, 1.807) is 4.90 Å². The van der Waals surface area contributed by atoms with E-state index >= 15 is 0 Å². The van der Waals surface area contributed by atoms with Gasteiger partial charge in [-0.05, 0) is 50.5 Å². The number of hydrogen-bond acceptors (Lipinski definition) is 4. The molecular weight excluding hydrogens is 398 g/mol. The van der Waals surface area contributed by atoms with Crippen molar-refractivity contribution in [3.05, 3.63) is 53.6 Å². The fourth-order valence-corrected chi connectivity index (χ4v) is 5.12. The topological polar surface area (TPSA) is 69.7 Å². The second-order valence-corrected chi connectivity index (χ2v) is 8.94. The van der Waals surface area contributed by atoms with Gasteiger partial charge in [0.25, 0.3) is 5.91 Å². The quantitative estimate of drug-likeness (QED) is 0.766. The number of para-hydroxylation sites is 1. The first-order valence-corrected chi connectivity index (χ1v) is 11.0. The molecule has 3 amide bonds. The van der Waals surface area contributed by atoms with E-state index in [4.69, 9.17) is 0 Å². The van der Waals surface area contributed by atoms with Gasteiger partial charge in [0.1, 0.15) is 6.54 Å². The maximum atomic E-state index is 13.3. The van der Waals surface area contributed by atoms with E-state index in [1.807, 2.05) is 56.3 Å². The molecule has 0 aromatic heterocycles. The minimum absolute atomic E-state index is 0.131. The van der Waals surface area contributed by atoms with Crippen LogP contribution in [0.5, 0.6) is 0 Å². The zero-order valence-electron chi connectivity index (χ0n) is 17.2. The normalized spacial score (nSPS) is 18.3. The predicted octanol–water partition coefficient (Wildman–Crippen LogP) is 3.37. The molecule has 0 bridgehead atoms. The SMILES string of the molecule is Cc1ccc(NC(=O)CN2C(=O)C(C(=O)N3CCCC3)Sc3ccccc32)c(C)c1. The predicted molar refractivity (Wildman–Crippen MR) is 119 cm³/mol. The molecule has 0 radical (unpaired) electrons. The van der Waals surface area contributed by atoms with Crippen LogP contribution in [0.4, 0.5) is 11.4 Å². The number of hydrogen-bond donors (Lipinski definition) is 1. The van der Waals surface area contributed by atoms with Crippen LogP contribution in [-0.4, -0.2) is 47.5 Å². The summed E-state index contributed by atoms with van der Waals surface area (Å²) >= 11 is 1.28. The molecule has 0 aliphatic carbocycles. The average molecular weight is 424 g/mol. The summed E-state index contributed by atoms with van der Waals surface area (Å²) in [5, 5.41) is 2.06. The summed E-state index contributed by atoms with van der Waals surface area (Å²) in [5.74, 6) is -0.771. The van der Waals surface area contributed by atoms with E-state index < -0.39 is 5.25 Å². The van der Waals surface area contributed by atoms with Gasteiger partial charge < -0.3 is 15.1 Å². The molecule has 1 fully saturated rings. The largest absolute Gasteiger partial charge is 0.341 e. The zero-order chi connectivity index (χ0) is 21.3. The van der Waals surface area contributed by atoms with Crippen LogP contribution in [0.3, 0.4) is 0 Å². The zero-order valence-corrected chi connectivity index (χ0v) is 18.0. The monoisotopic (exact) mass is 423 g/mol. The van der Waals surface area contributed by atoms with E-state index in [-0.39, 0.29) is 24.3 Å². The molecule has 1 N–H and O–H groups in total. The van der Waals surface area contributed by atoms with Crippen LogP contribution in [-0.2, 0) is 14.4 Å². The lowest BCUT2D eigenvalue weighted by Crippen LogP contribution is -2.51. The van der Waals surface area contributed by atoms with Gasteiger partial charge >= 0.3 is 0 Å². The average Bonchev–Trinajstić information content (AvgIpc) is 3.26. The van der Waals surface area contributed by atoms with E-state index in [9.17, 15) is 14.4 Å².